The minimum absolute atomic E-state index is 0.126. The summed E-state index contributed by atoms with van der Waals surface area (Å²) in [4.78, 5) is 36.5. The molecule has 1 atom stereocenters. The lowest BCUT2D eigenvalue weighted by Gasteiger charge is -2.36. The molecule has 1 unspecified atom stereocenters. The maximum absolute atomic E-state index is 13.0. The molecule has 5 rings (SSSR count). The summed E-state index contributed by atoms with van der Waals surface area (Å²) in [5.74, 6) is 0.731. The molecule has 9 heteroatoms. The zero-order valence-corrected chi connectivity index (χ0v) is 21.8. The van der Waals surface area contributed by atoms with Crippen molar-refractivity contribution in [1.82, 2.24) is 15.2 Å². The lowest BCUT2D eigenvalue weighted by molar-refractivity contribution is -0.136. The smallest absolute Gasteiger partial charge is 0.338 e. The number of thioether (sulfide) groups is 1. The second kappa shape index (κ2) is 11.4. The quantitative estimate of drug-likeness (QED) is 0.397. The van der Waals surface area contributed by atoms with Gasteiger partial charge in [0.05, 0.1) is 30.8 Å². The lowest BCUT2D eigenvalue weighted by atomic mass is 9.93. The van der Waals surface area contributed by atoms with Crippen LogP contribution in [-0.2, 0) is 20.9 Å². The SMILES string of the molecule is COC(=O)C1=C(C)N=C2SC=C(CC(=O)NCc3ccncc3)N2C1c1cccc(Oc2ccccc2)c1. The fourth-order valence-corrected chi connectivity index (χ4v) is 5.32. The minimum atomic E-state index is -0.538. The highest BCUT2D eigenvalue weighted by Gasteiger charge is 2.41. The minimum Gasteiger partial charge on any atom is -0.466 e. The number of amidine groups is 1. The van der Waals surface area contributed by atoms with Gasteiger partial charge in [0.25, 0.3) is 0 Å². The molecule has 0 radical (unpaired) electrons. The first-order valence-corrected chi connectivity index (χ1v) is 12.9. The van der Waals surface area contributed by atoms with Crippen molar-refractivity contribution < 1.29 is 19.1 Å². The molecule has 2 aromatic carbocycles. The zero-order chi connectivity index (χ0) is 26.5. The van der Waals surface area contributed by atoms with Gasteiger partial charge in [-0.3, -0.25) is 9.78 Å². The number of nitrogens with zero attached hydrogens (tertiary/aromatic N) is 3. The standard InChI is InChI=1S/C29H26N4O4S/c1-19-26(28(35)36-2)27(21-7-6-10-24(15-21)37-23-8-4-3-5-9-23)33-22(18-38-29(33)32-19)16-25(34)31-17-20-11-13-30-14-12-20/h3-15,18,27H,16-17H2,1-2H3,(H,31,34). The van der Waals surface area contributed by atoms with Gasteiger partial charge in [-0.25, -0.2) is 9.79 Å². The number of hydrogen-bond acceptors (Lipinski definition) is 8. The third kappa shape index (κ3) is 5.47. The van der Waals surface area contributed by atoms with Crippen molar-refractivity contribution in [1.29, 1.82) is 0 Å². The summed E-state index contributed by atoms with van der Waals surface area (Å²) in [5, 5.41) is 5.57. The van der Waals surface area contributed by atoms with E-state index in [1.165, 1.54) is 18.9 Å². The highest BCUT2D eigenvalue weighted by atomic mass is 32.2. The van der Waals surface area contributed by atoms with E-state index in [-0.39, 0.29) is 12.3 Å². The normalized spacial score (nSPS) is 16.4. The van der Waals surface area contributed by atoms with E-state index >= 15 is 0 Å². The molecular weight excluding hydrogens is 500 g/mol. The van der Waals surface area contributed by atoms with Gasteiger partial charge >= 0.3 is 5.97 Å². The Balaban J connectivity index is 1.43. The maximum Gasteiger partial charge on any atom is 0.338 e. The number of aromatic nitrogens is 1. The number of carbonyl (C=O) groups excluding carboxylic acids is 2. The van der Waals surface area contributed by atoms with Gasteiger partial charge in [0.1, 0.15) is 11.5 Å². The van der Waals surface area contributed by atoms with Gasteiger partial charge in [0.2, 0.25) is 5.91 Å². The maximum atomic E-state index is 13.0. The number of amides is 1. The number of para-hydroxylation sites is 1. The molecule has 192 valence electrons. The van der Waals surface area contributed by atoms with E-state index in [0.717, 1.165) is 16.8 Å². The van der Waals surface area contributed by atoms with Crippen molar-refractivity contribution in [2.75, 3.05) is 7.11 Å². The molecule has 1 amide bonds. The first kappa shape index (κ1) is 25.3. The molecule has 2 aliphatic rings. The van der Waals surface area contributed by atoms with Crippen LogP contribution in [-0.4, -0.2) is 34.0 Å². The Kier molecular flexibility index (Phi) is 7.55. The Morgan fingerprint density at radius 2 is 1.79 bits per heavy atom. The number of rotatable bonds is 8. The molecule has 0 saturated carbocycles. The van der Waals surface area contributed by atoms with E-state index in [1.54, 1.807) is 19.3 Å². The van der Waals surface area contributed by atoms with E-state index in [4.69, 9.17) is 9.47 Å². The van der Waals surface area contributed by atoms with Crippen molar-refractivity contribution in [3.8, 4) is 11.5 Å². The molecule has 0 spiro atoms. The second-order valence-electron chi connectivity index (χ2n) is 8.68. The summed E-state index contributed by atoms with van der Waals surface area (Å²) in [6, 6.07) is 20.3. The zero-order valence-electron chi connectivity index (χ0n) is 21.0. The van der Waals surface area contributed by atoms with Crippen LogP contribution in [0.3, 0.4) is 0 Å². The topological polar surface area (TPSA) is 93.1 Å². The highest BCUT2D eigenvalue weighted by Crippen LogP contribution is 2.45. The molecule has 1 N–H and O–H groups in total. The average molecular weight is 527 g/mol. The number of allylic oxidation sites excluding steroid dienone is 1. The lowest BCUT2D eigenvalue weighted by Crippen LogP contribution is -2.37. The number of esters is 1. The number of hydrogen-bond donors (Lipinski definition) is 1. The molecule has 0 saturated heterocycles. The number of methoxy groups -OCH3 is 1. The summed E-state index contributed by atoms with van der Waals surface area (Å²) in [5.41, 5.74) is 3.51. The Morgan fingerprint density at radius 3 is 2.55 bits per heavy atom. The van der Waals surface area contributed by atoms with E-state index in [9.17, 15) is 9.59 Å². The Hall–Kier alpha value is -4.37. The van der Waals surface area contributed by atoms with E-state index in [2.05, 4.69) is 15.3 Å². The number of benzene rings is 2. The Labute approximate surface area is 225 Å². The highest BCUT2D eigenvalue weighted by molar-refractivity contribution is 8.16. The Morgan fingerprint density at radius 1 is 1.03 bits per heavy atom. The van der Waals surface area contributed by atoms with Crippen LogP contribution in [0.1, 0.15) is 30.5 Å². The van der Waals surface area contributed by atoms with Gasteiger partial charge < -0.3 is 19.7 Å². The van der Waals surface area contributed by atoms with Crippen LogP contribution in [0.2, 0.25) is 0 Å². The molecular formula is C29H26N4O4S. The van der Waals surface area contributed by atoms with Crippen molar-refractivity contribution in [3.05, 3.63) is 113 Å². The summed E-state index contributed by atoms with van der Waals surface area (Å²) in [6.07, 6.45) is 3.51. The molecule has 2 aliphatic heterocycles. The van der Waals surface area contributed by atoms with Crippen LogP contribution < -0.4 is 10.1 Å². The van der Waals surface area contributed by atoms with Crippen molar-refractivity contribution >= 4 is 28.8 Å². The molecule has 38 heavy (non-hydrogen) atoms. The number of aliphatic imine (C=N–C) groups is 1. The van der Waals surface area contributed by atoms with Crippen LogP contribution in [0, 0.1) is 0 Å². The monoisotopic (exact) mass is 526 g/mol. The van der Waals surface area contributed by atoms with Crippen LogP contribution in [0.5, 0.6) is 11.5 Å². The van der Waals surface area contributed by atoms with Crippen molar-refractivity contribution in [3.63, 3.8) is 0 Å². The number of fused-ring (bicyclic) bond motifs is 1. The first-order chi connectivity index (χ1) is 18.5. The van der Waals surface area contributed by atoms with Gasteiger partial charge in [-0.1, -0.05) is 42.1 Å². The van der Waals surface area contributed by atoms with Crippen LogP contribution in [0.25, 0.3) is 0 Å². The van der Waals surface area contributed by atoms with Gasteiger partial charge in [0, 0.05) is 24.6 Å². The van der Waals surface area contributed by atoms with E-state index in [0.29, 0.717) is 34.5 Å². The second-order valence-corrected chi connectivity index (χ2v) is 9.52. The van der Waals surface area contributed by atoms with Crippen molar-refractivity contribution in [2.45, 2.75) is 25.9 Å². The third-order valence-corrected chi connectivity index (χ3v) is 7.03. The van der Waals surface area contributed by atoms with Crippen molar-refractivity contribution in [2.24, 2.45) is 4.99 Å². The summed E-state index contributed by atoms with van der Waals surface area (Å²) in [7, 11) is 1.36. The number of pyridine rings is 1. The molecule has 0 fully saturated rings. The molecule has 1 aromatic heterocycles. The largest absolute Gasteiger partial charge is 0.466 e. The van der Waals surface area contributed by atoms with E-state index < -0.39 is 12.0 Å². The average Bonchev–Trinajstić information content (AvgIpc) is 3.33. The van der Waals surface area contributed by atoms with Crippen LogP contribution >= 0.6 is 11.8 Å². The van der Waals surface area contributed by atoms with Gasteiger partial charge in [-0.05, 0) is 59.9 Å². The predicted molar refractivity (Wildman–Crippen MR) is 146 cm³/mol. The summed E-state index contributed by atoms with van der Waals surface area (Å²) in [6.45, 7) is 2.20. The van der Waals surface area contributed by atoms with Crippen LogP contribution in [0.4, 0.5) is 0 Å². The number of carbonyl (C=O) groups is 2. The molecule has 0 aliphatic carbocycles. The number of nitrogens with one attached hydrogen (secondary N) is 1. The first-order valence-electron chi connectivity index (χ1n) is 12.0. The fourth-order valence-electron chi connectivity index (χ4n) is 4.36. The molecule has 8 nitrogen and oxygen atoms in total. The van der Waals surface area contributed by atoms with Crippen LogP contribution in [0.15, 0.2) is 106 Å². The molecule has 3 aromatic rings. The summed E-state index contributed by atoms with van der Waals surface area (Å²) < 4.78 is 11.2. The molecule has 0 bridgehead atoms. The van der Waals surface area contributed by atoms with Gasteiger partial charge in [-0.2, -0.15) is 0 Å². The third-order valence-electron chi connectivity index (χ3n) is 6.14. The van der Waals surface area contributed by atoms with E-state index in [1.807, 2.05) is 77.0 Å². The summed E-state index contributed by atoms with van der Waals surface area (Å²) >= 11 is 1.43. The fraction of sp³-hybridized carbons (Fsp3) is 0.172. The Bertz CT molecular complexity index is 1440. The predicted octanol–water partition coefficient (Wildman–Crippen LogP) is 5.33. The number of ether oxygens (including phenoxy) is 2. The molecule has 3 heterocycles. The van der Waals surface area contributed by atoms with Gasteiger partial charge in [0.15, 0.2) is 5.17 Å². The van der Waals surface area contributed by atoms with Gasteiger partial charge in [-0.15, -0.1) is 0 Å².